The molecule has 0 saturated heterocycles. The Morgan fingerprint density at radius 2 is 1.74 bits per heavy atom. The average molecular weight is 519 g/mol. The van der Waals surface area contributed by atoms with Gasteiger partial charge in [0.1, 0.15) is 12.4 Å². The molecule has 0 amide bonds. The minimum absolute atomic E-state index is 0.0952. The number of terminal acetylenes is 1. The number of hydrogen-bond acceptors (Lipinski definition) is 2. The van der Waals surface area contributed by atoms with Gasteiger partial charge in [0.25, 0.3) is 0 Å². The molecule has 0 aliphatic heterocycles. The standard InChI is InChI=1S/C17H15Br2ClO3.C2H6.C2H2/c1-10-3-2-4-12(16(10)20)9-23-17-13(18)7-11(8-14(17)19)5-6-15(21)22;2*1-2/h2-4,7-8H,5-6,9H2,1H3,(H,21,22);1-2H3;1-2H. The topological polar surface area (TPSA) is 46.5 Å². The number of aliphatic carboxylic acids is 1. The molecule has 0 aromatic heterocycles. The van der Waals surface area contributed by atoms with E-state index in [4.69, 9.17) is 21.4 Å². The molecule has 3 nitrogen and oxygen atoms in total. The highest BCUT2D eigenvalue weighted by Crippen LogP contribution is 2.36. The Bertz CT molecular complexity index is 750. The second-order valence-corrected chi connectivity index (χ2v) is 7.21. The van der Waals surface area contributed by atoms with Gasteiger partial charge in [-0.1, -0.05) is 43.6 Å². The monoisotopic (exact) mass is 516 g/mol. The van der Waals surface area contributed by atoms with E-state index < -0.39 is 5.97 Å². The Morgan fingerprint density at radius 1 is 1.19 bits per heavy atom. The van der Waals surface area contributed by atoms with Crippen LogP contribution in [0.3, 0.4) is 0 Å². The van der Waals surface area contributed by atoms with Crippen LogP contribution >= 0.6 is 43.5 Å². The Hall–Kier alpha value is -1.48. The molecule has 0 fully saturated rings. The van der Waals surface area contributed by atoms with Crippen molar-refractivity contribution in [3.05, 3.63) is 61.0 Å². The maximum atomic E-state index is 10.7. The highest BCUT2D eigenvalue weighted by atomic mass is 79.9. The molecule has 0 spiro atoms. The summed E-state index contributed by atoms with van der Waals surface area (Å²) in [5.74, 6) is -0.145. The SMILES string of the molecule is C#C.CC.Cc1cccc(COc2c(Br)cc(CCC(=O)O)cc2Br)c1Cl. The van der Waals surface area contributed by atoms with Crippen LogP contribution in [0, 0.1) is 19.8 Å². The fourth-order valence-electron chi connectivity index (χ4n) is 2.12. The molecule has 0 atom stereocenters. The quantitative estimate of drug-likeness (QED) is 0.417. The van der Waals surface area contributed by atoms with Crippen molar-refractivity contribution in [2.75, 3.05) is 0 Å². The number of rotatable bonds is 6. The van der Waals surface area contributed by atoms with Crippen LogP contribution in [0.25, 0.3) is 0 Å². The first-order valence-corrected chi connectivity index (χ1v) is 10.2. The van der Waals surface area contributed by atoms with E-state index in [-0.39, 0.29) is 6.42 Å². The van der Waals surface area contributed by atoms with Crippen LogP contribution in [0.1, 0.15) is 37.0 Å². The molecular weight excluding hydrogens is 495 g/mol. The molecule has 0 bridgehead atoms. The van der Waals surface area contributed by atoms with Gasteiger partial charge in [0.15, 0.2) is 0 Å². The average Bonchev–Trinajstić information content (AvgIpc) is 2.66. The van der Waals surface area contributed by atoms with Gasteiger partial charge in [0.2, 0.25) is 0 Å². The van der Waals surface area contributed by atoms with Crippen molar-refractivity contribution in [1.29, 1.82) is 0 Å². The number of benzene rings is 2. The minimum atomic E-state index is -0.813. The summed E-state index contributed by atoms with van der Waals surface area (Å²) in [6, 6.07) is 9.58. The van der Waals surface area contributed by atoms with E-state index in [0.29, 0.717) is 23.8 Å². The van der Waals surface area contributed by atoms with Crippen LogP contribution in [0.4, 0.5) is 0 Å². The van der Waals surface area contributed by atoms with Crippen LogP contribution < -0.4 is 4.74 Å². The van der Waals surface area contributed by atoms with Crippen molar-refractivity contribution >= 4 is 49.4 Å². The summed E-state index contributed by atoms with van der Waals surface area (Å²) in [6.45, 7) is 6.31. The zero-order valence-electron chi connectivity index (χ0n) is 15.6. The maximum Gasteiger partial charge on any atom is 0.303 e. The van der Waals surface area contributed by atoms with Gasteiger partial charge in [0, 0.05) is 12.0 Å². The number of carbonyl (C=O) groups is 1. The molecule has 0 aliphatic carbocycles. The molecule has 0 heterocycles. The van der Waals surface area contributed by atoms with E-state index >= 15 is 0 Å². The zero-order chi connectivity index (χ0) is 21.0. The second-order valence-electron chi connectivity index (χ2n) is 5.12. The van der Waals surface area contributed by atoms with Crippen LogP contribution in [-0.4, -0.2) is 11.1 Å². The predicted molar refractivity (Wildman–Crippen MR) is 120 cm³/mol. The van der Waals surface area contributed by atoms with Gasteiger partial charge < -0.3 is 9.84 Å². The van der Waals surface area contributed by atoms with Gasteiger partial charge in [-0.3, -0.25) is 4.79 Å². The van der Waals surface area contributed by atoms with Crippen molar-refractivity contribution in [3.8, 4) is 18.6 Å². The number of carboxylic acid groups (broad SMARTS) is 1. The smallest absolute Gasteiger partial charge is 0.303 e. The van der Waals surface area contributed by atoms with E-state index in [1.165, 1.54) is 0 Å². The molecule has 0 saturated carbocycles. The van der Waals surface area contributed by atoms with E-state index in [1.807, 2.05) is 51.1 Å². The third-order valence-corrected chi connectivity index (χ3v) is 5.05. The van der Waals surface area contributed by atoms with Crippen LogP contribution in [-0.2, 0) is 17.8 Å². The zero-order valence-corrected chi connectivity index (χ0v) is 19.5. The predicted octanol–water partition coefficient (Wildman–Crippen LogP) is 7.05. The number of hydrogen-bond donors (Lipinski definition) is 1. The molecule has 0 aliphatic rings. The highest BCUT2D eigenvalue weighted by molar-refractivity contribution is 9.11. The summed E-state index contributed by atoms with van der Waals surface area (Å²) >= 11 is 13.2. The summed E-state index contributed by atoms with van der Waals surface area (Å²) in [7, 11) is 0. The fraction of sp³-hybridized carbons (Fsp3) is 0.286. The first-order valence-electron chi connectivity index (χ1n) is 8.28. The number of ether oxygens (including phenoxy) is 1. The molecule has 27 heavy (non-hydrogen) atoms. The first kappa shape index (κ1) is 25.5. The summed E-state index contributed by atoms with van der Waals surface area (Å²) in [6.07, 6.45) is 8.56. The summed E-state index contributed by atoms with van der Waals surface area (Å²) in [4.78, 5) is 10.7. The Morgan fingerprint density at radius 3 is 2.26 bits per heavy atom. The van der Waals surface area contributed by atoms with Crippen LogP contribution in [0.15, 0.2) is 39.3 Å². The molecule has 146 valence electrons. The molecule has 2 rings (SSSR count). The molecule has 2 aromatic rings. The second kappa shape index (κ2) is 13.7. The normalized spacial score (nSPS) is 9.33. The fourth-order valence-corrected chi connectivity index (χ4v) is 3.81. The molecule has 0 unspecified atom stereocenters. The molecule has 6 heteroatoms. The third-order valence-electron chi connectivity index (χ3n) is 3.33. The van der Waals surface area contributed by atoms with Gasteiger partial charge in [-0.2, -0.15) is 0 Å². The van der Waals surface area contributed by atoms with Crippen LogP contribution in [0.2, 0.25) is 5.02 Å². The third kappa shape index (κ3) is 8.38. The number of carboxylic acids is 1. The van der Waals surface area contributed by atoms with Crippen molar-refractivity contribution < 1.29 is 14.6 Å². The van der Waals surface area contributed by atoms with E-state index in [0.717, 1.165) is 25.6 Å². The van der Waals surface area contributed by atoms with Crippen LogP contribution in [0.5, 0.6) is 5.75 Å². The van der Waals surface area contributed by atoms with Gasteiger partial charge in [-0.05, 0) is 68.5 Å². The lowest BCUT2D eigenvalue weighted by Crippen LogP contribution is -2.01. The summed E-state index contributed by atoms with van der Waals surface area (Å²) in [5, 5.41) is 9.47. The lowest BCUT2D eigenvalue weighted by Gasteiger charge is -2.13. The van der Waals surface area contributed by atoms with Crippen molar-refractivity contribution in [3.63, 3.8) is 0 Å². The Labute approximate surface area is 183 Å². The number of halogens is 3. The minimum Gasteiger partial charge on any atom is -0.486 e. The lowest BCUT2D eigenvalue weighted by atomic mass is 10.1. The summed E-state index contributed by atoms with van der Waals surface area (Å²) in [5.41, 5.74) is 2.85. The van der Waals surface area contributed by atoms with Crippen molar-refractivity contribution in [1.82, 2.24) is 0 Å². The van der Waals surface area contributed by atoms with Gasteiger partial charge >= 0.3 is 5.97 Å². The van der Waals surface area contributed by atoms with Gasteiger partial charge in [-0.25, -0.2) is 0 Å². The molecule has 2 aromatic carbocycles. The van der Waals surface area contributed by atoms with Gasteiger partial charge in [0.05, 0.1) is 14.0 Å². The van der Waals surface area contributed by atoms with E-state index in [1.54, 1.807) is 0 Å². The van der Waals surface area contributed by atoms with E-state index in [9.17, 15) is 4.79 Å². The van der Waals surface area contributed by atoms with Gasteiger partial charge in [-0.15, -0.1) is 12.8 Å². The van der Waals surface area contributed by atoms with E-state index in [2.05, 4.69) is 44.7 Å². The lowest BCUT2D eigenvalue weighted by molar-refractivity contribution is -0.136. The molecule has 1 N–H and O–H groups in total. The van der Waals surface area contributed by atoms with Crippen molar-refractivity contribution in [2.45, 2.75) is 40.2 Å². The maximum absolute atomic E-state index is 10.7. The molecular formula is C21H23Br2ClO3. The molecule has 0 radical (unpaired) electrons. The Kier molecular flexibility index (Phi) is 12.9. The Balaban J connectivity index is 0.00000158. The first-order chi connectivity index (χ1) is 12.9. The number of aryl methyl sites for hydroxylation is 2. The largest absolute Gasteiger partial charge is 0.486 e. The van der Waals surface area contributed by atoms with Crippen molar-refractivity contribution in [2.24, 2.45) is 0 Å². The highest BCUT2D eigenvalue weighted by Gasteiger charge is 2.11. The summed E-state index contributed by atoms with van der Waals surface area (Å²) < 4.78 is 7.42.